The summed E-state index contributed by atoms with van der Waals surface area (Å²) in [5.74, 6) is 0. The van der Waals surface area contributed by atoms with Gasteiger partial charge in [-0.15, -0.1) is 11.8 Å². The van der Waals surface area contributed by atoms with Gasteiger partial charge in [0.2, 0.25) is 0 Å². The van der Waals surface area contributed by atoms with Crippen LogP contribution in [-0.4, -0.2) is 18.0 Å². The van der Waals surface area contributed by atoms with Crippen LogP contribution >= 0.6 is 35.0 Å². The van der Waals surface area contributed by atoms with Gasteiger partial charge in [0.1, 0.15) is 0 Å². The number of hydrogen-bond donors (Lipinski definition) is 1. The topological polar surface area (TPSA) is 35.2 Å². The van der Waals surface area contributed by atoms with E-state index in [9.17, 15) is 0 Å². The molecule has 0 amide bonds. The minimum absolute atomic E-state index is 0.263. The normalized spacial score (nSPS) is 24.9. The molecule has 2 N–H and O–H groups in total. The molecule has 1 heterocycles. The molecule has 0 saturated carbocycles. The van der Waals surface area contributed by atoms with Crippen LogP contribution in [0.1, 0.15) is 13.3 Å². The highest BCUT2D eigenvalue weighted by molar-refractivity contribution is 8.00. The zero-order valence-electron chi connectivity index (χ0n) is 8.87. The highest BCUT2D eigenvalue weighted by Gasteiger charge is 2.25. The number of benzene rings is 1. The fraction of sp³-hybridized carbons (Fsp3) is 0.455. The molecule has 2 atom stereocenters. The molecule has 0 spiro atoms. The minimum atomic E-state index is 0.263. The standard InChI is InChI=1S/C11H13Cl2NOS/c1-6-10(2-3-15-6)16-11-5-8(13)7(12)4-9(11)14/h4-6,10H,2-3,14H2,1H3. The molecule has 1 aromatic carbocycles. The Labute approximate surface area is 109 Å². The van der Waals surface area contributed by atoms with Crippen LogP contribution in [0.4, 0.5) is 5.69 Å². The third-order valence-corrected chi connectivity index (χ3v) is 4.89. The maximum atomic E-state index is 5.98. The number of nitrogens with two attached hydrogens (primary N) is 1. The molecule has 2 unspecified atom stereocenters. The highest BCUT2D eigenvalue weighted by Crippen LogP contribution is 2.39. The Bertz CT molecular complexity index is 400. The van der Waals surface area contributed by atoms with Crippen molar-refractivity contribution in [2.45, 2.75) is 29.6 Å². The van der Waals surface area contributed by atoms with Crippen LogP contribution in [0.15, 0.2) is 17.0 Å². The number of anilines is 1. The molecule has 16 heavy (non-hydrogen) atoms. The van der Waals surface area contributed by atoms with Crippen LogP contribution in [0.25, 0.3) is 0 Å². The Morgan fingerprint density at radius 3 is 2.69 bits per heavy atom. The second-order valence-corrected chi connectivity index (χ2v) is 5.92. The Hall–Kier alpha value is -0.0900. The van der Waals surface area contributed by atoms with Crippen molar-refractivity contribution in [3.05, 3.63) is 22.2 Å². The molecule has 1 saturated heterocycles. The third-order valence-electron chi connectivity index (χ3n) is 2.64. The summed E-state index contributed by atoms with van der Waals surface area (Å²) in [6.45, 7) is 2.90. The van der Waals surface area contributed by atoms with Gasteiger partial charge in [-0.25, -0.2) is 0 Å². The van der Waals surface area contributed by atoms with Crippen LogP contribution in [-0.2, 0) is 4.74 Å². The van der Waals surface area contributed by atoms with Crippen LogP contribution < -0.4 is 5.73 Å². The molecule has 0 aliphatic carbocycles. The average molecular weight is 278 g/mol. The van der Waals surface area contributed by atoms with Crippen molar-refractivity contribution in [3.8, 4) is 0 Å². The van der Waals surface area contributed by atoms with Gasteiger partial charge < -0.3 is 10.5 Å². The maximum absolute atomic E-state index is 5.98. The zero-order valence-corrected chi connectivity index (χ0v) is 11.2. The summed E-state index contributed by atoms with van der Waals surface area (Å²) in [5.41, 5.74) is 6.59. The van der Waals surface area contributed by atoms with Crippen LogP contribution in [0.2, 0.25) is 10.0 Å². The summed E-state index contributed by atoms with van der Waals surface area (Å²) in [5, 5.41) is 1.49. The lowest BCUT2D eigenvalue weighted by molar-refractivity contribution is 0.127. The highest BCUT2D eigenvalue weighted by atomic mass is 35.5. The summed E-state index contributed by atoms with van der Waals surface area (Å²) in [6.07, 6.45) is 1.31. The van der Waals surface area contributed by atoms with Crippen molar-refractivity contribution in [2.75, 3.05) is 12.3 Å². The van der Waals surface area contributed by atoms with Crippen molar-refractivity contribution < 1.29 is 4.74 Å². The summed E-state index contributed by atoms with van der Waals surface area (Å²) in [7, 11) is 0. The van der Waals surface area contributed by atoms with Gasteiger partial charge in [0.05, 0.1) is 16.1 Å². The van der Waals surface area contributed by atoms with E-state index in [1.165, 1.54) is 0 Å². The third kappa shape index (κ3) is 2.59. The molecular weight excluding hydrogens is 265 g/mol. The van der Waals surface area contributed by atoms with E-state index in [0.29, 0.717) is 21.0 Å². The monoisotopic (exact) mass is 277 g/mol. The van der Waals surface area contributed by atoms with E-state index in [1.807, 2.05) is 6.07 Å². The molecule has 0 radical (unpaired) electrons. The van der Waals surface area contributed by atoms with Crippen molar-refractivity contribution in [1.29, 1.82) is 0 Å². The Balaban J connectivity index is 2.18. The number of hydrogen-bond acceptors (Lipinski definition) is 3. The fourth-order valence-corrected chi connectivity index (χ4v) is 3.27. The van der Waals surface area contributed by atoms with Gasteiger partial charge in [0, 0.05) is 22.4 Å². The van der Waals surface area contributed by atoms with Gasteiger partial charge >= 0.3 is 0 Å². The zero-order chi connectivity index (χ0) is 11.7. The van der Waals surface area contributed by atoms with Crippen LogP contribution in [0.5, 0.6) is 0 Å². The number of rotatable bonds is 2. The Morgan fingerprint density at radius 1 is 1.38 bits per heavy atom. The molecule has 1 aromatic rings. The quantitative estimate of drug-likeness (QED) is 0.835. The van der Waals surface area contributed by atoms with E-state index < -0.39 is 0 Å². The molecule has 0 bridgehead atoms. The van der Waals surface area contributed by atoms with Crippen molar-refractivity contribution in [2.24, 2.45) is 0 Å². The van der Waals surface area contributed by atoms with Crippen molar-refractivity contribution >= 4 is 40.7 Å². The smallest absolute Gasteiger partial charge is 0.0669 e. The SMILES string of the molecule is CC1OCCC1Sc1cc(Cl)c(Cl)cc1N. The molecule has 1 aliphatic heterocycles. The van der Waals surface area contributed by atoms with E-state index in [-0.39, 0.29) is 6.10 Å². The van der Waals surface area contributed by atoms with E-state index in [4.69, 9.17) is 33.7 Å². The van der Waals surface area contributed by atoms with Gasteiger partial charge in [0.25, 0.3) is 0 Å². The lowest BCUT2D eigenvalue weighted by atomic mass is 10.3. The second kappa shape index (κ2) is 5.05. The molecule has 1 fully saturated rings. The van der Waals surface area contributed by atoms with E-state index >= 15 is 0 Å². The predicted molar refractivity (Wildman–Crippen MR) is 70.6 cm³/mol. The van der Waals surface area contributed by atoms with Crippen molar-refractivity contribution in [1.82, 2.24) is 0 Å². The Kier molecular flexibility index (Phi) is 3.90. The van der Waals surface area contributed by atoms with Gasteiger partial charge in [-0.2, -0.15) is 0 Å². The molecule has 88 valence electrons. The summed E-state index contributed by atoms with van der Waals surface area (Å²) in [4.78, 5) is 0.983. The molecule has 0 aromatic heterocycles. The first-order chi connectivity index (χ1) is 7.58. The van der Waals surface area contributed by atoms with Gasteiger partial charge in [0.15, 0.2) is 0 Å². The summed E-state index contributed by atoms with van der Waals surface area (Å²) < 4.78 is 5.51. The Morgan fingerprint density at radius 2 is 2.06 bits per heavy atom. The second-order valence-electron chi connectivity index (χ2n) is 3.83. The molecule has 2 rings (SSSR count). The first-order valence-electron chi connectivity index (χ1n) is 5.10. The minimum Gasteiger partial charge on any atom is -0.398 e. The average Bonchev–Trinajstić information content (AvgIpc) is 2.61. The maximum Gasteiger partial charge on any atom is 0.0669 e. The van der Waals surface area contributed by atoms with E-state index in [1.54, 1.807) is 17.8 Å². The summed E-state index contributed by atoms with van der Waals surface area (Å²) >= 11 is 13.6. The summed E-state index contributed by atoms with van der Waals surface area (Å²) in [6, 6.07) is 3.53. The first-order valence-corrected chi connectivity index (χ1v) is 6.74. The van der Waals surface area contributed by atoms with Crippen molar-refractivity contribution in [3.63, 3.8) is 0 Å². The van der Waals surface area contributed by atoms with Gasteiger partial charge in [-0.3, -0.25) is 0 Å². The molecule has 1 aliphatic rings. The van der Waals surface area contributed by atoms with E-state index in [2.05, 4.69) is 6.92 Å². The number of halogens is 2. The predicted octanol–water partition coefficient (Wildman–Crippen LogP) is 3.85. The molecular formula is C11H13Cl2NOS. The number of ether oxygens (including phenoxy) is 1. The fourth-order valence-electron chi connectivity index (χ4n) is 1.68. The van der Waals surface area contributed by atoms with Crippen LogP contribution in [0.3, 0.4) is 0 Å². The number of nitrogen functional groups attached to an aromatic ring is 1. The first kappa shape index (κ1) is 12.4. The van der Waals surface area contributed by atoms with E-state index in [0.717, 1.165) is 17.9 Å². The lowest BCUT2D eigenvalue weighted by Gasteiger charge is -2.15. The largest absolute Gasteiger partial charge is 0.398 e. The molecule has 5 heteroatoms. The number of thioether (sulfide) groups is 1. The van der Waals surface area contributed by atoms with Gasteiger partial charge in [-0.1, -0.05) is 23.2 Å². The van der Waals surface area contributed by atoms with Gasteiger partial charge in [-0.05, 0) is 25.5 Å². The molecule has 2 nitrogen and oxygen atoms in total. The lowest BCUT2D eigenvalue weighted by Crippen LogP contribution is -2.13. The van der Waals surface area contributed by atoms with Crippen LogP contribution in [0, 0.1) is 0 Å².